The Bertz CT molecular complexity index is 1630. The van der Waals surface area contributed by atoms with E-state index in [1.807, 2.05) is 42.5 Å². The van der Waals surface area contributed by atoms with Gasteiger partial charge in [-0.1, -0.05) is 54.6 Å². The Kier molecular flexibility index (Phi) is 6.40. The van der Waals surface area contributed by atoms with E-state index >= 15 is 0 Å². The zero-order chi connectivity index (χ0) is 24.9. The second-order valence-corrected chi connectivity index (χ2v) is 8.17. The normalized spacial score (nSPS) is 10.8. The molecule has 0 fully saturated rings. The van der Waals surface area contributed by atoms with Gasteiger partial charge in [-0.2, -0.15) is 0 Å². The van der Waals surface area contributed by atoms with E-state index in [1.165, 1.54) is 10.8 Å². The summed E-state index contributed by atoms with van der Waals surface area (Å²) in [7, 11) is 0. The molecule has 5 aromatic rings. The first-order chi connectivity index (χ1) is 17.6. The summed E-state index contributed by atoms with van der Waals surface area (Å²) in [6, 6.07) is 27.9. The van der Waals surface area contributed by atoms with Crippen LogP contribution < -0.4 is 21.1 Å². The van der Waals surface area contributed by atoms with Crippen LogP contribution >= 0.6 is 0 Å². The number of ether oxygens (including phenoxy) is 1. The average molecular weight is 479 g/mol. The van der Waals surface area contributed by atoms with Gasteiger partial charge in [-0.05, 0) is 52.7 Å². The van der Waals surface area contributed by atoms with E-state index in [-0.39, 0.29) is 6.54 Å². The molecule has 0 aliphatic heterocycles. The molecule has 2 N–H and O–H groups in total. The smallest absolute Gasteiger partial charge is 0.269 e. The Labute approximate surface area is 206 Å². The number of amides is 2. The third-order valence-corrected chi connectivity index (χ3v) is 5.71. The monoisotopic (exact) mass is 478 g/mol. The SMILES string of the molecule is O=C(Cn1c(=O)cnc2ccccc21)NNC(=O)c1ccc(COc2ccc3ccccc3c2)cc1. The number of para-hydroxylation sites is 2. The molecular formula is C28H22N4O4. The molecule has 0 saturated heterocycles. The van der Waals surface area contributed by atoms with Gasteiger partial charge in [-0.3, -0.25) is 29.8 Å². The first-order valence-electron chi connectivity index (χ1n) is 11.3. The van der Waals surface area contributed by atoms with Gasteiger partial charge < -0.3 is 4.74 Å². The number of hydrogen-bond acceptors (Lipinski definition) is 5. The van der Waals surface area contributed by atoms with Crippen LogP contribution in [-0.2, 0) is 17.9 Å². The Morgan fingerprint density at radius 3 is 2.42 bits per heavy atom. The molecule has 1 heterocycles. The minimum Gasteiger partial charge on any atom is -0.489 e. The Morgan fingerprint density at radius 2 is 1.58 bits per heavy atom. The summed E-state index contributed by atoms with van der Waals surface area (Å²) in [6.07, 6.45) is 1.17. The molecule has 0 spiro atoms. The molecule has 4 aromatic carbocycles. The fourth-order valence-corrected chi connectivity index (χ4v) is 3.84. The van der Waals surface area contributed by atoms with Gasteiger partial charge >= 0.3 is 0 Å². The molecule has 1 aromatic heterocycles. The van der Waals surface area contributed by atoms with Crippen molar-refractivity contribution in [1.82, 2.24) is 20.4 Å². The highest BCUT2D eigenvalue weighted by atomic mass is 16.5. The highest BCUT2D eigenvalue weighted by Gasteiger charge is 2.11. The molecule has 36 heavy (non-hydrogen) atoms. The van der Waals surface area contributed by atoms with Crippen LogP contribution in [0.3, 0.4) is 0 Å². The number of carbonyl (C=O) groups is 2. The van der Waals surface area contributed by atoms with Crippen molar-refractivity contribution in [3.8, 4) is 5.75 Å². The highest BCUT2D eigenvalue weighted by molar-refractivity contribution is 5.95. The summed E-state index contributed by atoms with van der Waals surface area (Å²) < 4.78 is 7.19. The third kappa shape index (κ3) is 5.07. The summed E-state index contributed by atoms with van der Waals surface area (Å²) in [5.74, 6) is -0.251. The van der Waals surface area contributed by atoms with Crippen LogP contribution in [0.4, 0.5) is 0 Å². The van der Waals surface area contributed by atoms with E-state index in [0.29, 0.717) is 23.2 Å². The number of benzene rings is 4. The zero-order valence-corrected chi connectivity index (χ0v) is 19.2. The molecule has 0 radical (unpaired) electrons. The second-order valence-electron chi connectivity index (χ2n) is 8.17. The summed E-state index contributed by atoms with van der Waals surface area (Å²) in [4.78, 5) is 41.1. The first kappa shape index (κ1) is 22.8. The first-order valence-corrected chi connectivity index (χ1v) is 11.3. The van der Waals surface area contributed by atoms with E-state index in [1.54, 1.807) is 48.5 Å². The predicted octanol–water partition coefficient (Wildman–Crippen LogP) is 3.59. The predicted molar refractivity (Wildman–Crippen MR) is 136 cm³/mol. The highest BCUT2D eigenvalue weighted by Crippen LogP contribution is 2.21. The van der Waals surface area contributed by atoms with Crippen LogP contribution in [0.2, 0.25) is 0 Å². The summed E-state index contributed by atoms with van der Waals surface area (Å²) in [6.45, 7) is 0.0960. The van der Waals surface area contributed by atoms with Crippen molar-refractivity contribution in [3.05, 3.63) is 119 Å². The average Bonchev–Trinajstić information content (AvgIpc) is 2.92. The van der Waals surface area contributed by atoms with Crippen LogP contribution in [0.15, 0.2) is 102 Å². The van der Waals surface area contributed by atoms with Crippen molar-refractivity contribution in [2.45, 2.75) is 13.2 Å². The minimum atomic E-state index is -0.540. The van der Waals surface area contributed by atoms with Crippen LogP contribution in [0.1, 0.15) is 15.9 Å². The van der Waals surface area contributed by atoms with Crippen molar-refractivity contribution in [2.24, 2.45) is 0 Å². The summed E-state index contributed by atoms with van der Waals surface area (Å²) in [5.41, 5.74) is 6.73. The van der Waals surface area contributed by atoms with Gasteiger partial charge in [-0.25, -0.2) is 4.98 Å². The van der Waals surface area contributed by atoms with Crippen molar-refractivity contribution < 1.29 is 14.3 Å². The fourth-order valence-electron chi connectivity index (χ4n) is 3.84. The Morgan fingerprint density at radius 1 is 0.833 bits per heavy atom. The molecule has 8 heteroatoms. The van der Waals surface area contributed by atoms with Gasteiger partial charge in [0.1, 0.15) is 18.9 Å². The number of aromatic nitrogens is 2. The third-order valence-electron chi connectivity index (χ3n) is 5.71. The lowest BCUT2D eigenvalue weighted by molar-refractivity contribution is -0.122. The second kappa shape index (κ2) is 10.1. The molecule has 8 nitrogen and oxygen atoms in total. The van der Waals surface area contributed by atoms with Gasteiger partial charge in [0.15, 0.2) is 0 Å². The molecule has 178 valence electrons. The molecule has 5 rings (SSSR count). The lowest BCUT2D eigenvalue weighted by Crippen LogP contribution is -2.44. The topological polar surface area (TPSA) is 102 Å². The number of carbonyl (C=O) groups excluding carboxylic acids is 2. The van der Waals surface area contributed by atoms with Crippen molar-refractivity contribution in [1.29, 1.82) is 0 Å². The van der Waals surface area contributed by atoms with Gasteiger partial charge in [0, 0.05) is 5.56 Å². The van der Waals surface area contributed by atoms with Gasteiger partial charge in [0.05, 0.1) is 17.2 Å². The molecular weight excluding hydrogens is 456 g/mol. The van der Waals surface area contributed by atoms with Crippen molar-refractivity contribution >= 4 is 33.6 Å². The maximum absolute atomic E-state index is 12.5. The number of hydrazine groups is 1. The van der Waals surface area contributed by atoms with Crippen LogP contribution in [0.25, 0.3) is 21.8 Å². The molecule has 0 atom stereocenters. The molecule has 0 saturated carbocycles. The fraction of sp³-hybridized carbons (Fsp3) is 0.0714. The lowest BCUT2D eigenvalue weighted by Gasteiger charge is -2.11. The maximum Gasteiger partial charge on any atom is 0.269 e. The molecule has 0 unspecified atom stereocenters. The maximum atomic E-state index is 12.5. The minimum absolute atomic E-state index is 0.257. The Hall–Kier alpha value is -4.98. The van der Waals surface area contributed by atoms with E-state index in [4.69, 9.17) is 4.74 Å². The number of rotatable bonds is 6. The van der Waals surface area contributed by atoms with E-state index in [0.717, 1.165) is 22.1 Å². The van der Waals surface area contributed by atoms with E-state index in [2.05, 4.69) is 15.8 Å². The lowest BCUT2D eigenvalue weighted by atomic mass is 10.1. The Balaban J connectivity index is 1.15. The van der Waals surface area contributed by atoms with Crippen LogP contribution in [0, 0.1) is 0 Å². The standard InChI is InChI=1S/C28H22N4O4/c33-26(17-32-25-8-4-3-7-24(25)29-16-27(32)34)30-31-28(35)21-11-9-19(10-12-21)18-36-23-14-13-20-5-1-2-6-22(20)15-23/h1-16H,17-18H2,(H,30,33)(H,31,35). The number of fused-ring (bicyclic) bond motifs is 2. The van der Waals surface area contributed by atoms with E-state index < -0.39 is 17.4 Å². The molecule has 0 bridgehead atoms. The number of nitrogens with zero attached hydrogens (tertiary/aromatic N) is 2. The quantitative estimate of drug-likeness (QED) is 0.363. The number of hydrogen-bond donors (Lipinski definition) is 2. The van der Waals surface area contributed by atoms with Crippen LogP contribution in [0.5, 0.6) is 5.75 Å². The molecule has 0 aliphatic rings. The van der Waals surface area contributed by atoms with E-state index in [9.17, 15) is 14.4 Å². The zero-order valence-electron chi connectivity index (χ0n) is 19.2. The molecule has 2 amide bonds. The largest absolute Gasteiger partial charge is 0.489 e. The molecule has 0 aliphatic carbocycles. The summed E-state index contributed by atoms with van der Waals surface area (Å²) in [5, 5.41) is 2.25. The van der Waals surface area contributed by atoms with Crippen molar-refractivity contribution in [3.63, 3.8) is 0 Å². The van der Waals surface area contributed by atoms with Gasteiger partial charge in [-0.15, -0.1) is 0 Å². The van der Waals surface area contributed by atoms with Gasteiger partial charge in [0.25, 0.3) is 17.4 Å². The summed E-state index contributed by atoms with van der Waals surface area (Å²) >= 11 is 0. The van der Waals surface area contributed by atoms with Crippen molar-refractivity contribution in [2.75, 3.05) is 0 Å². The number of nitrogens with one attached hydrogen (secondary N) is 2. The van der Waals surface area contributed by atoms with Gasteiger partial charge in [0.2, 0.25) is 0 Å². The van der Waals surface area contributed by atoms with Crippen LogP contribution in [-0.4, -0.2) is 21.4 Å².